The van der Waals surface area contributed by atoms with Gasteiger partial charge in [-0.25, -0.2) is 4.79 Å². The smallest absolute Gasteiger partial charge is 0.315 e. The molecule has 0 aliphatic heterocycles. The molecule has 0 aromatic heterocycles. The highest BCUT2D eigenvalue weighted by molar-refractivity contribution is 5.94. The molecule has 30 heavy (non-hydrogen) atoms. The molecule has 0 radical (unpaired) electrons. The third-order valence-electron chi connectivity index (χ3n) is 5.41. The molecule has 7 nitrogen and oxygen atoms in total. The molecule has 7 heteroatoms. The van der Waals surface area contributed by atoms with Crippen molar-refractivity contribution in [3.8, 4) is 0 Å². The summed E-state index contributed by atoms with van der Waals surface area (Å²) < 4.78 is 0. The molecular weight excluding hydrogens is 380 g/mol. The van der Waals surface area contributed by atoms with Crippen molar-refractivity contribution in [3.63, 3.8) is 0 Å². The van der Waals surface area contributed by atoms with Crippen LogP contribution in [0.3, 0.4) is 0 Å². The maximum Gasteiger partial charge on any atom is 0.315 e. The van der Waals surface area contributed by atoms with Crippen LogP contribution in [0.5, 0.6) is 0 Å². The summed E-state index contributed by atoms with van der Waals surface area (Å²) in [4.78, 5) is 37.3. The van der Waals surface area contributed by atoms with Crippen molar-refractivity contribution in [2.24, 2.45) is 0 Å². The Morgan fingerprint density at radius 1 is 0.867 bits per heavy atom. The monoisotopic (exact) mass is 408 g/mol. The van der Waals surface area contributed by atoms with Gasteiger partial charge in [0.25, 0.3) is 5.91 Å². The van der Waals surface area contributed by atoms with Gasteiger partial charge < -0.3 is 21.3 Å². The maximum absolute atomic E-state index is 13.0. The zero-order valence-corrected chi connectivity index (χ0v) is 17.2. The molecule has 4 amide bonds. The van der Waals surface area contributed by atoms with E-state index in [0.29, 0.717) is 31.5 Å². The van der Waals surface area contributed by atoms with Crippen LogP contribution in [0.15, 0.2) is 54.6 Å². The second-order valence-corrected chi connectivity index (χ2v) is 7.54. The summed E-state index contributed by atoms with van der Waals surface area (Å²) in [5.41, 5.74) is 1.46. The van der Waals surface area contributed by atoms with Gasteiger partial charge >= 0.3 is 6.03 Å². The van der Waals surface area contributed by atoms with Gasteiger partial charge in [0.15, 0.2) is 0 Å². The Balaban J connectivity index is 1.58. The molecule has 0 heterocycles. The predicted molar refractivity (Wildman–Crippen MR) is 115 cm³/mol. The van der Waals surface area contributed by atoms with Gasteiger partial charge in [-0.2, -0.15) is 0 Å². The molecule has 2 aromatic carbocycles. The second-order valence-electron chi connectivity index (χ2n) is 7.54. The summed E-state index contributed by atoms with van der Waals surface area (Å²) in [5, 5.41) is 11.3. The average molecular weight is 409 g/mol. The minimum Gasteiger partial charge on any atom is -0.355 e. The van der Waals surface area contributed by atoms with E-state index in [4.69, 9.17) is 0 Å². The summed E-state index contributed by atoms with van der Waals surface area (Å²) in [6.07, 6.45) is 2.99. The molecule has 1 aliphatic rings. The first-order valence-electron chi connectivity index (χ1n) is 10.2. The van der Waals surface area contributed by atoms with Crippen LogP contribution in [-0.4, -0.2) is 30.4 Å². The van der Waals surface area contributed by atoms with Crippen molar-refractivity contribution in [3.05, 3.63) is 71.3 Å². The number of nitrogens with one attached hydrogen (secondary N) is 4. The van der Waals surface area contributed by atoms with E-state index >= 15 is 0 Å². The number of benzene rings is 2. The molecule has 158 valence electrons. The first-order chi connectivity index (χ1) is 14.5. The number of urea groups is 1. The largest absolute Gasteiger partial charge is 0.355 e. The van der Waals surface area contributed by atoms with Gasteiger partial charge in [0, 0.05) is 25.7 Å². The molecule has 0 atom stereocenters. The van der Waals surface area contributed by atoms with E-state index < -0.39 is 5.54 Å². The quantitative estimate of drug-likeness (QED) is 0.566. The predicted octanol–water partition coefficient (Wildman–Crippen LogP) is 2.47. The van der Waals surface area contributed by atoms with Crippen LogP contribution in [-0.2, 0) is 17.9 Å². The Kier molecular flexibility index (Phi) is 7.06. The molecule has 0 saturated heterocycles. The molecule has 0 bridgehead atoms. The standard InChI is InChI=1S/C23H28N4O3/c1-24-20(28)19-11-7-10-18(14-19)16-25-21(29)23(12-5-6-13-23)27-22(30)26-15-17-8-3-2-4-9-17/h2-4,7-11,14H,5-6,12-13,15-16H2,1H3,(H,24,28)(H,25,29)(H2,26,27,30). The van der Waals surface area contributed by atoms with Crippen LogP contribution < -0.4 is 21.3 Å². The molecule has 0 spiro atoms. The number of carbonyl (C=O) groups is 3. The average Bonchev–Trinajstić information content (AvgIpc) is 3.26. The Hall–Kier alpha value is -3.35. The van der Waals surface area contributed by atoms with Gasteiger partial charge in [0.2, 0.25) is 5.91 Å². The number of amides is 4. The Morgan fingerprint density at radius 3 is 2.23 bits per heavy atom. The fourth-order valence-electron chi connectivity index (χ4n) is 3.75. The highest BCUT2D eigenvalue weighted by Gasteiger charge is 2.42. The lowest BCUT2D eigenvalue weighted by Crippen LogP contribution is -2.59. The van der Waals surface area contributed by atoms with E-state index in [9.17, 15) is 14.4 Å². The third-order valence-corrected chi connectivity index (χ3v) is 5.41. The zero-order chi connectivity index (χ0) is 21.4. The lowest BCUT2D eigenvalue weighted by atomic mass is 9.96. The van der Waals surface area contributed by atoms with E-state index in [1.807, 2.05) is 36.4 Å². The van der Waals surface area contributed by atoms with E-state index in [1.165, 1.54) is 0 Å². The van der Waals surface area contributed by atoms with Crippen molar-refractivity contribution in [2.75, 3.05) is 7.05 Å². The summed E-state index contributed by atoms with van der Waals surface area (Å²) >= 11 is 0. The van der Waals surface area contributed by atoms with Gasteiger partial charge in [-0.15, -0.1) is 0 Å². The first-order valence-corrected chi connectivity index (χ1v) is 10.2. The van der Waals surface area contributed by atoms with E-state index in [-0.39, 0.29) is 17.8 Å². The minimum absolute atomic E-state index is 0.174. The molecular formula is C23H28N4O3. The molecule has 1 aliphatic carbocycles. The summed E-state index contributed by atoms with van der Waals surface area (Å²) in [7, 11) is 1.58. The normalized spacial score (nSPS) is 14.6. The van der Waals surface area contributed by atoms with Crippen LogP contribution in [0.2, 0.25) is 0 Å². The van der Waals surface area contributed by atoms with Crippen molar-refractivity contribution in [2.45, 2.75) is 44.3 Å². The Bertz CT molecular complexity index is 892. The summed E-state index contributed by atoms with van der Waals surface area (Å²) in [6.45, 7) is 0.690. The highest BCUT2D eigenvalue weighted by Crippen LogP contribution is 2.30. The Labute approximate surface area is 176 Å². The van der Waals surface area contributed by atoms with Crippen LogP contribution >= 0.6 is 0 Å². The molecule has 4 N–H and O–H groups in total. The van der Waals surface area contributed by atoms with Crippen LogP contribution in [0.1, 0.15) is 47.2 Å². The molecule has 0 unspecified atom stereocenters. The minimum atomic E-state index is -0.904. The van der Waals surface area contributed by atoms with Gasteiger partial charge in [0.1, 0.15) is 5.54 Å². The van der Waals surface area contributed by atoms with E-state index in [2.05, 4.69) is 21.3 Å². The van der Waals surface area contributed by atoms with Gasteiger partial charge in [0.05, 0.1) is 0 Å². The van der Waals surface area contributed by atoms with Crippen molar-refractivity contribution in [1.29, 1.82) is 0 Å². The van der Waals surface area contributed by atoms with Crippen LogP contribution in [0.4, 0.5) is 4.79 Å². The molecule has 3 rings (SSSR count). The lowest BCUT2D eigenvalue weighted by Gasteiger charge is -2.29. The molecule has 2 aromatic rings. The van der Waals surface area contributed by atoms with Crippen molar-refractivity contribution < 1.29 is 14.4 Å². The lowest BCUT2D eigenvalue weighted by molar-refractivity contribution is -0.127. The number of hydrogen-bond donors (Lipinski definition) is 4. The SMILES string of the molecule is CNC(=O)c1cccc(CNC(=O)C2(NC(=O)NCc3ccccc3)CCCC2)c1. The van der Waals surface area contributed by atoms with E-state index in [0.717, 1.165) is 24.0 Å². The number of hydrogen-bond acceptors (Lipinski definition) is 3. The second kappa shape index (κ2) is 9.91. The number of rotatable bonds is 7. The van der Waals surface area contributed by atoms with E-state index in [1.54, 1.807) is 25.2 Å². The number of carbonyl (C=O) groups excluding carboxylic acids is 3. The van der Waals surface area contributed by atoms with Crippen LogP contribution in [0, 0.1) is 0 Å². The van der Waals surface area contributed by atoms with Gasteiger partial charge in [-0.05, 0) is 36.1 Å². The maximum atomic E-state index is 13.0. The third kappa shape index (κ3) is 5.37. The van der Waals surface area contributed by atoms with Crippen molar-refractivity contribution >= 4 is 17.8 Å². The fourth-order valence-corrected chi connectivity index (χ4v) is 3.75. The van der Waals surface area contributed by atoms with Gasteiger partial charge in [-0.3, -0.25) is 9.59 Å². The zero-order valence-electron chi connectivity index (χ0n) is 17.2. The van der Waals surface area contributed by atoms with Gasteiger partial charge in [-0.1, -0.05) is 55.3 Å². The Morgan fingerprint density at radius 2 is 1.53 bits per heavy atom. The van der Waals surface area contributed by atoms with Crippen LogP contribution in [0.25, 0.3) is 0 Å². The summed E-state index contributed by atoms with van der Waals surface area (Å²) in [5.74, 6) is -0.368. The summed E-state index contributed by atoms with van der Waals surface area (Å²) in [6, 6.07) is 16.4. The fraction of sp³-hybridized carbons (Fsp3) is 0.348. The molecule has 1 fully saturated rings. The topological polar surface area (TPSA) is 99.3 Å². The highest BCUT2D eigenvalue weighted by atomic mass is 16.2. The molecule has 1 saturated carbocycles. The van der Waals surface area contributed by atoms with Crippen molar-refractivity contribution in [1.82, 2.24) is 21.3 Å². The first kappa shape index (κ1) is 21.4.